The normalized spacial score (nSPS) is 14.2. The molecule has 4 rings (SSSR count). The van der Waals surface area contributed by atoms with Gasteiger partial charge in [-0.05, 0) is 33.1 Å². The summed E-state index contributed by atoms with van der Waals surface area (Å²) in [6.07, 6.45) is 4.46. The highest BCUT2D eigenvalue weighted by Crippen LogP contribution is 2.32. The van der Waals surface area contributed by atoms with E-state index in [2.05, 4.69) is 20.3 Å². The number of rotatable bonds is 4. The fraction of sp³-hybridized carbons (Fsp3) is 0.467. The molecular formula is C15H16N4O2S2. The van der Waals surface area contributed by atoms with Gasteiger partial charge >= 0.3 is 0 Å². The number of thiazole rings is 1. The van der Waals surface area contributed by atoms with Gasteiger partial charge in [0.1, 0.15) is 10.6 Å². The van der Waals surface area contributed by atoms with E-state index in [1.54, 1.807) is 11.3 Å². The van der Waals surface area contributed by atoms with Gasteiger partial charge in [-0.2, -0.15) is 0 Å². The number of fused-ring (bicyclic) bond motifs is 1. The van der Waals surface area contributed by atoms with Crippen LogP contribution in [0.4, 0.5) is 0 Å². The standard InChI is InChI=1S/C15H16N4O2S2/c1-8-13(23-9(2)16-8)14-17-18-15(20-14)22-7-11-10-5-3-4-6-12(10)21-19-11/h3-7H2,1-2H3. The van der Waals surface area contributed by atoms with Crippen molar-refractivity contribution in [3.05, 3.63) is 27.7 Å². The minimum absolute atomic E-state index is 0.540. The lowest BCUT2D eigenvalue weighted by Gasteiger charge is -2.08. The van der Waals surface area contributed by atoms with Gasteiger partial charge in [0.05, 0.1) is 16.4 Å². The average Bonchev–Trinajstić information content (AvgIpc) is 3.24. The first kappa shape index (κ1) is 14.9. The molecule has 1 aliphatic carbocycles. The molecule has 0 aliphatic heterocycles. The van der Waals surface area contributed by atoms with Crippen LogP contribution in [0.15, 0.2) is 14.2 Å². The summed E-state index contributed by atoms with van der Waals surface area (Å²) in [5.41, 5.74) is 3.21. The van der Waals surface area contributed by atoms with Crippen LogP contribution >= 0.6 is 23.1 Å². The number of hydrogen-bond acceptors (Lipinski definition) is 8. The third kappa shape index (κ3) is 2.92. The Kier molecular flexibility index (Phi) is 3.94. The zero-order chi connectivity index (χ0) is 15.8. The lowest BCUT2D eigenvalue weighted by Crippen LogP contribution is -2.01. The largest absolute Gasteiger partial charge is 0.410 e. The summed E-state index contributed by atoms with van der Waals surface area (Å²) in [4.78, 5) is 5.34. The monoisotopic (exact) mass is 348 g/mol. The molecule has 3 aromatic heterocycles. The molecule has 0 saturated carbocycles. The van der Waals surface area contributed by atoms with Gasteiger partial charge in [0.2, 0.25) is 0 Å². The van der Waals surface area contributed by atoms with Crippen LogP contribution in [0.1, 0.15) is 40.6 Å². The van der Waals surface area contributed by atoms with E-state index in [0.29, 0.717) is 16.9 Å². The maximum atomic E-state index is 5.76. The summed E-state index contributed by atoms with van der Waals surface area (Å²) in [6.45, 7) is 3.93. The van der Waals surface area contributed by atoms with Crippen LogP contribution in [0, 0.1) is 13.8 Å². The Labute approximate surface area is 141 Å². The first-order valence-electron chi connectivity index (χ1n) is 7.57. The fourth-order valence-electron chi connectivity index (χ4n) is 2.78. The van der Waals surface area contributed by atoms with E-state index in [4.69, 9.17) is 8.94 Å². The Morgan fingerprint density at radius 2 is 2.04 bits per heavy atom. The Hall–Kier alpha value is -1.67. The average molecular weight is 348 g/mol. The minimum atomic E-state index is 0.540. The zero-order valence-electron chi connectivity index (χ0n) is 13.0. The van der Waals surface area contributed by atoms with Crippen LogP contribution in [-0.2, 0) is 18.6 Å². The van der Waals surface area contributed by atoms with Crippen molar-refractivity contribution in [2.24, 2.45) is 0 Å². The molecule has 0 bridgehead atoms. The molecule has 0 radical (unpaired) electrons. The molecule has 0 spiro atoms. The molecule has 3 aromatic rings. The Balaban J connectivity index is 1.48. The SMILES string of the molecule is Cc1nc(C)c(-c2nnc(SCc3noc4c3CCCC4)o2)s1. The smallest absolute Gasteiger partial charge is 0.277 e. The van der Waals surface area contributed by atoms with Crippen LogP contribution in [0.25, 0.3) is 10.8 Å². The van der Waals surface area contributed by atoms with Crippen molar-refractivity contribution in [2.75, 3.05) is 0 Å². The van der Waals surface area contributed by atoms with E-state index >= 15 is 0 Å². The molecule has 3 heterocycles. The number of aromatic nitrogens is 4. The highest BCUT2D eigenvalue weighted by molar-refractivity contribution is 7.98. The highest BCUT2D eigenvalue weighted by Gasteiger charge is 2.20. The lowest BCUT2D eigenvalue weighted by molar-refractivity contribution is 0.369. The van der Waals surface area contributed by atoms with Gasteiger partial charge in [0.25, 0.3) is 11.1 Å². The van der Waals surface area contributed by atoms with E-state index in [1.807, 2.05) is 13.8 Å². The maximum Gasteiger partial charge on any atom is 0.277 e. The van der Waals surface area contributed by atoms with E-state index in [0.717, 1.165) is 39.9 Å². The molecular weight excluding hydrogens is 332 g/mol. The van der Waals surface area contributed by atoms with E-state index in [9.17, 15) is 0 Å². The summed E-state index contributed by atoms with van der Waals surface area (Å²) in [5.74, 6) is 2.29. The van der Waals surface area contributed by atoms with Crippen LogP contribution in [-0.4, -0.2) is 20.3 Å². The maximum absolute atomic E-state index is 5.76. The van der Waals surface area contributed by atoms with Crippen molar-refractivity contribution in [1.82, 2.24) is 20.3 Å². The topological polar surface area (TPSA) is 77.8 Å². The molecule has 0 aromatic carbocycles. The van der Waals surface area contributed by atoms with Crippen LogP contribution in [0.5, 0.6) is 0 Å². The number of thioether (sulfide) groups is 1. The second-order valence-electron chi connectivity index (χ2n) is 5.55. The van der Waals surface area contributed by atoms with Crippen LogP contribution in [0.3, 0.4) is 0 Å². The quantitative estimate of drug-likeness (QED) is 0.660. The molecule has 1 aliphatic rings. The molecule has 6 nitrogen and oxygen atoms in total. The van der Waals surface area contributed by atoms with E-state index in [1.165, 1.54) is 30.2 Å². The van der Waals surface area contributed by atoms with E-state index < -0.39 is 0 Å². The van der Waals surface area contributed by atoms with Crippen molar-refractivity contribution in [3.8, 4) is 10.8 Å². The van der Waals surface area contributed by atoms with Gasteiger partial charge in [-0.1, -0.05) is 16.9 Å². The minimum Gasteiger partial charge on any atom is -0.410 e. The van der Waals surface area contributed by atoms with Crippen LogP contribution < -0.4 is 0 Å². The third-order valence-corrected chi connectivity index (χ3v) is 5.76. The molecule has 0 atom stereocenters. The van der Waals surface area contributed by atoms with Gasteiger partial charge in [-0.3, -0.25) is 0 Å². The Morgan fingerprint density at radius 3 is 2.87 bits per heavy atom. The molecule has 0 saturated heterocycles. The summed E-state index contributed by atoms with van der Waals surface area (Å²) in [6, 6.07) is 0. The third-order valence-electron chi connectivity index (χ3n) is 3.87. The number of hydrogen-bond donors (Lipinski definition) is 0. The van der Waals surface area contributed by atoms with Gasteiger partial charge in [0, 0.05) is 17.7 Å². The summed E-state index contributed by atoms with van der Waals surface area (Å²) in [7, 11) is 0. The van der Waals surface area contributed by atoms with Crippen molar-refractivity contribution >= 4 is 23.1 Å². The molecule has 8 heteroatoms. The fourth-order valence-corrected chi connectivity index (χ4v) is 4.35. The van der Waals surface area contributed by atoms with Gasteiger partial charge in [-0.25, -0.2) is 4.98 Å². The predicted octanol–water partition coefficient (Wildman–Crippen LogP) is 3.97. The highest BCUT2D eigenvalue weighted by atomic mass is 32.2. The van der Waals surface area contributed by atoms with E-state index in [-0.39, 0.29) is 0 Å². The molecule has 0 unspecified atom stereocenters. The van der Waals surface area contributed by atoms with Crippen molar-refractivity contribution in [1.29, 1.82) is 0 Å². The number of nitrogens with zero attached hydrogens (tertiary/aromatic N) is 4. The summed E-state index contributed by atoms with van der Waals surface area (Å²) >= 11 is 3.07. The van der Waals surface area contributed by atoms with Gasteiger partial charge in [-0.15, -0.1) is 21.5 Å². The molecule has 0 N–H and O–H groups in total. The Morgan fingerprint density at radius 1 is 1.17 bits per heavy atom. The summed E-state index contributed by atoms with van der Waals surface area (Å²) in [5, 5.41) is 14.0. The first-order chi connectivity index (χ1) is 11.2. The zero-order valence-corrected chi connectivity index (χ0v) is 14.6. The second kappa shape index (κ2) is 6.09. The lowest BCUT2D eigenvalue weighted by atomic mass is 9.97. The Bertz CT molecular complexity index is 837. The molecule has 0 fully saturated rings. The molecule has 120 valence electrons. The van der Waals surface area contributed by atoms with Crippen molar-refractivity contribution in [2.45, 2.75) is 50.5 Å². The van der Waals surface area contributed by atoms with Crippen molar-refractivity contribution < 1.29 is 8.94 Å². The number of aryl methyl sites for hydroxylation is 3. The molecule has 23 heavy (non-hydrogen) atoms. The van der Waals surface area contributed by atoms with Gasteiger partial charge in [0.15, 0.2) is 0 Å². The first-order valence-corrected chi connectivity index (χ1v) is 9.38. The molecule has 0 amide bonds. The predicted molar refractivity (Wildman–Crippen MR) is 87.6 cm³/mol. The van der Waals surface area contributed by atoms with Crippen LogP contribution in [0.2, 0.25) is 0 Å². The van der Waals surface area contributed by atoms with Crippen molar-refractivity contribution in [3.63, 3.8) is 0 Å². The summed E-state index contributed by atoms with van der Waals surface area (Å²) < 4.78 is 11.2. The van der Waals surface area contributed by atoms with Gasteiger partial charge < -0.3 is 8.94 Å². The second-order valence-corrected chi connectivity index (χ2v) is 7.68.